The van der Waals surface area contributed by atoms with E-state index in [0.29, 0.717) is 12.5 Å². The Balaban J connectivity index is 1.65. The highest BCUT2D eigenvalue weighted by Crippen LogP contribution is 2.53. The van der Waals surface area contributed by atoms with Gasteiger partial charge in [0.05, 0.1) is 12.4 Å². The van der Waals surface area contributed by atoms with Crippen LogP contribution in [0.15, 0.2) is 47.5 Å². The molecule has 124 valence electrons. The van der Waals surface area contributed by atoms with Crippen LogP contribution in [0.2, 0.25) is 0 Å². The molecule has 4 rings (SSSR count). The Hall–Kier alpha value is -2.43. The summed E-state index contributed by atoms with van der Waals surface area (Å²) in [4.78, 5) is 32.6. The van der Waals surface area contributed by atoms with Crippen molar-refractivity contribution in [3.63, 3.8) is 0 Å². The lowest BCUT2D eigenvalue weighted by atomic mass is 9.73. The van der Waals surface area contributed by atoms with Gasteiger partial charge in [0, 0.05) is 19.0 Å². The Morgan fingerprint density at radius 2 is 1.92 bits per heavy atom. The van der Waals surface area contributed by atoms with Gasteiger partial charge in [-0.05, 0) is 23.8 Å². The number of hydrogen-bond acceptors (Lipinski definition) is 3. The molecule has 1 saturated carbocycles. The number of hydrogen-bond donors (Lipinski definition) is 1. The zero-order valence-corrected chi connectivity index (χ0v) is 13.6. The smallest absolute Gasteiger partial charge is 0.272 e. The number of benzene rings is 1. The van der Waals surface area contributed by atoms with E-state index in [1.807, 2.05) is 11.0 Å². The zero-order chi connectivity index (χ0) is 16.6. The summed E-state index contributed by atoms with van der Waals surface area (Å²) in [5.74, 6) is 0.249. The molecule has 1 aliphatic heterocycles. The van der Waals surface area contributed by atoms with Crippen molar-refractivity contribution in [2.24, 2.45) is 5.41 Å². The minimum absolute atomic E-state index is 0.120. The second kappa shape index (κ2) is 5.89. The van der Waals surface area contributed by atoms with Gasteiger partial charge in [-0.3, -0.25) is 14.6 Å². The molecule has 5 nitrogen and oxygen atoms in total. The Labute approximate surface area is 140 Å². The van der Waals surface area contributed by atoms with Crippen molar-refractivity contribution in [1.82, 2.24) is 14.9 Å². The summed E-state index contributed by atoms with van der Waals surface area (Å²) in [7, 11) is 0. The Morgan fingerprint density at radius 1 is 1.17 bits per heavy atom. The highest BCUT2D eigenvalue weighted by atomic mass is 16.2. The first kappa shape index (κ1) is 15.1. The summed E-state index contributed by atoms with van der Waals surface area (Å²) in [5, 5.41) is 0. The van der Waals surface area contributed by atoms with Crippen LogP contribution >= 0.6 is 0 Å². The van der Waals surface area contributed by atoms with Crippen LogP contribution < -0.4 is 5.56 Å². The second-order valence-corrected chi connectivity index (χ2v) is 7.03. The van der Waals surface area contributed by atoms with Gasteiger partial charge >= 0.3 is 0 Å². The molecule has 1 aromatic carbocycles. The molecular formula is C19H21N3O2. The van der Waals surface area contributed by atoms with E-state index >= 15 is 0 Å². The number of carbonyl (C=O) groups excluding carboxylic acids is 1. The molecule has 2 aliphatic rings. The molecule has 24 heavy (non-hydrogen) atoms. The first-order valence-corrected chi connectivity index (χ1v) is 8.57. The average molecular weight is 323 g/mol. The maximum atomic E-state index is 12.8. The van der Waals surface area contributed by atoms with Crippen molar-refractivity contribution >= 4 is 5.91 Å². The minimum atomic E-state index is -0.338. The predicted molar refractivity (Wildman–Crippen MR) is 90.8 cm³/mol. The summed E-state index contributed by atoms with van der Waals surface area (Å²) in [5.41, 5.74) is 1.44. The van der Waals surface area contributed by atoms with E-state index in [4.69, 9.17) is 0 Å². The van der Waals surface area contributed by atoms with E-state index in [-0.39, 0.29) is 22.6 Å². The van der Waals surface area contributed by atoms with Gasteiger partial charge < -0.3 is 9.88 Å². The number of carbonyl (C=O) groups is 1. The summed E-state index contributed by atoms with van der Waals surface area (Å²) in [6.07, 6.45) is 7.43. The van der Waals surface area contributed by atoms with Gasteiger partial charge in [-0.2, -0.15) is 0 Å². The first-order valence-electron chi connectivity index (χ1n) is 8.57. The van der Waals surface area contributed by atoms with Crippen LogP contribution in [0, 0.1) is 5.41 Å². The average Bonchev–Trinajstić information content (AvgIpc) is 3.23. The van der Waals surface area contributed by atoms with Gasteiger partial charge in [0.25, 0.3) is 11.5 Å². The van der Waals surface area contributed by atoms with Gasteiger partial charge in [0.1, 0.15) is 5.69 Å². The summed E-state index contributed by atoms with van der Waals surface area (Å²) < 4.78 is 0. The number of likely N-dealkylation sites (tertiary alicyclic amines) is 1. The minimum Gasteiger partial charge on any atom is -0.336 e. The van der Waals surface area contributed by atoms with Crippen molar-refractivity contribution < 1.29 is 4.79 Å². The molecule has 2 heterocycles. The summed E-state index contributed by atoms with van der Waals surface area (Å²) in [6, 6.07) is 10.5. The molecule has 0 radical (unpaired) electrons. The fourth-order valence-electron chi connectivity index (χ4n) is 4.51. The molecule has 1 saturated heterocycles. The number of nitrogens with zero attached hydrogens (tertiary/aromatic N) is 2. The third-order valence-corrected chi connectivity index (χ3v) is 5.62. The van der Waals surface area contributed by atoms with Gasteiger partial charge in [0.15, 0.2) is 0 Å². The standard InChI is InChI=1S/C19H21N3O2/c23-17-11-20-10-16(21-17)18(24)22-12-15(14-6-2-1-3-7-14)19(13-22)8-4-5-9-19/h1-3,6-7,10-11,15H,4-5,8-9,12-13H2,(H,21,23)/t15-/m0/s1. The highest BCUT2D eigenvalue weighted by Gasteiger charge is 2.49. The van der Waals surface area contributed by atoms with E-state index in [1.54, 1.807) is 0 Å². The molecule has 0 unspecified atom stereocenters. The maximum Gasteiger partial charge on any atom is 0.272 e. The van der Waals surface area contributed by atoms with Crippen molar-refractivity contribution in [2.75, 3.05) is 13.1 Å². The molecule has 2 fully saturated rings. The lowest BCUT2D eigenvalue weighted by molar-refractivity contribution is 0.0766. The topological polar surface area (TPSA) is 66.1 Å². The molecule has 1 amide bonds. The fourth-order valence-corrected chi connectivity index (χ4v) is 4.51. The lowest BCUT2D eigenvalue weighted by Crippen LogP contribution is -2.32. The van der Waals surface area contributed by atoms with E-state index in [1.165, 1.54) is 43.6 Å². The van der Waals surface area contributed by atoms with Crippen LogP contribution in [0.4, 0.5) is 0 Å². The maximum absolute atomic E-state index is 12.8. The normalized spacial score (nSPS) is 22.2. The molecule has 1 atom stereocenters. The SMILES string of the molecule is O=C(c1cncc(=O)[nH]1)N1C[C@@H](c2ccccc2)C2(CCCC2)C1. The van der Waals surface area contributed by atoms with E-state index < -0.39 is 0 Å². The van der Waals surface area contributed by atoms with Gasteiger partial charge in [-0.25, -0.2) is 0 Å². The Bertz CT molecular complexity index is 794. The number of aromatic amines is 1. The van der Waals surface area contributed by atoms with Crippen LogP contribution in [0.5, 0.6) is 0 Å². The van der Waals surface area contributed by atoms with Crippen LogP contribution in [0.1, 0.15) is 47.7 Å². The molecule has 5 heteroatoms. The number of nitrogens with one attached hydrogen (secondary N) is 1. The van der Waals surface area contributed by atoms with Crippen LogP contribution in [0.25, 0.3) is 0 Å². The first-order chi connectivity index (χ1) is 11.7. The van der Waals surface area contributed by atoms with Gasteiger partial charge in [-0.1, -0.05) is 43.2 Å². The highest BCUT2D eigenvalue weighted by molar-refractivity contribution is 5.92. The monoisotopic (exact) mass is 323 g/mol. The zero-order valence-electron chi connectivity index (χ0n) is 13.6. The van der Waals surface area contributed by atoms with Crippen molar-refractivity contribution in [1.29, 1.82) is 0 Å². The van der Waals surface area contributed by atoms with Gasteiger partial charge in [-0.15, -0.1) is 0 Å². The molecule has 2 aromatic rings. The molecular weight excluding hydrogens is 302 g/mol. The number of amides is 1. The fraction of sp³-hybridized carbons (Fsp3) is 0.421. The molecule has 1 N–H and O–H groups in total. The summed E-state index contributed by atoms with van der Waals surface area (Å²) >= 11 is 0. The second-order valence-electron chi connectivity index (χ2n) is 7.03. The number of aromatic nitrogens is 2. The molecule has 0 bridgehead atoms. The third kappa shape index (κ3) is 2.54. The Morgan fingerprint density at radius 3 is 2.62 bits per heavy atom. The molecule has 1 spiro atoms. The number of rotatable bonds is 2. The van der Waals surface area contributed by atoms with E-state index in [9.17, 15) is 9.59 Å². The van der Waals surface area contributed by atoms with Crippen molar-refractivity contribution in [3.05, 3.63) is 64.3 Å². The quantitative estimate of drug-likeness (QED) is 0.924. The van der Waals surface area contributed by atoms with Crippen LogP contribution in [-0.4, -0.2) is 33.9 Å². The molecule has 1 aromatic heterocycles. The predicted octanol–water partition coefficient (Wildman–Crippen LogP) is 2.57. The van der Waals surface area contributed by atoms with Crippen molar-refractivity contribution in [3.8, 4) is 0 Å². The largest absolute Gasteiger partial charge is 0.336 e. The van der Waals surface area contributed by atoms with Gasteiger partial charge in [0.2, 0.25) is 0 Å². The van der Waals surface area contributed by atoms with E-state index in [2.05, 4.69) is 34.2 Å². The van der Waals surface area contributed by atoms with Crippen molar-refractivity contribution in [2.45, 2.75) is 31.6 Å². The lowest BCUT2D eigenvalue weighted by Gasteiger charge is -2.30. The molecule has 1 aliphatic carbocycles. The van der Waals surface area contributed by atoms with Crippen LogP contribution in [0.3, 0.4) is 0 Å². The Kier molecular flexibility index (Phi) is 3.71. The third-order valence-electron chi connectivity index (χ3n) is 5.62. The number of H-pyrrole nitrogens is 1. The van der Waals surface area contributed by atoms with Crippen LogP contribution in [-0.2, 0) is 0 Å². The summed E-state index contributed by atoms with van der Waals surface area (Å²) in [6.45, 7) is 1.47. The van der Waals surface area contributed by atoms with E-state index in [0.717, 1.165) is 6.54 Å².